The highest BCUT2D eigenvalue weighted by atomic mass is 32.2. The van der Waals surface area contributed by atoms with Crippen LogP contribution in [0.5, 0.6) is 0 Å². The SMILES string of the molecule is CCC1(C(O)C/C=C/[C@H]2[C@H](O)CC(=O)[C@@H]2SCc2ccc(P(C)(=O)O)cc2)CCC1. The second-order valence-corrected chi connectivity index (χ2v) is 12.2. The van der Waals surface area contributed by atoms with Crippen LogP contribution in [0.1, 0.15) is 51.0 Å². The summed E-state index contributed by atoms with van der Waals surface area (Å²) in [5.41, 5.74) is 1.02. The van der Waals surface area contributed by atoms with Gasteiger partial charge in [-0.15, -0.1) is 11.8 Å². The van der Waals surface area contributed by atoms with Gasteiger partial charge in [0.2, 0.25) is 7.37 Å². The van der Waals surface area contributed by atoms with E-state index in [9.17, 15) is 24.5 Å². The van der Waals surface area contributed by atoms with E-state index in [1.165, 1.54) is 24.8 Å². The topological polar surface area (TPSA) is 94.8 Å². The lowest BCUT2D eigenvalue weighted by atomic mass is 9.63. The van der Waals surface area contributed by atoms with E-state index in [0.717, 1.165) is 24.8 Å². The molecule has 0 heterocycles. The van der Waals surface area contributed by atoms with Crippen LogP contribution in [-0.4, -0.2) is 45.0 Å². The zero-order valence-corrected chi connectivity index (χ0v) is 19.4. The Balaban J connectivity index is 1.59. The Kier molecular flexibility index (Phi) is 7.68. The molecule has 2 fully saturated rings. The van der Waals surface area contributed by atoms with Crippen molar-refractivity contribution in [3.63, 3.8) is 0 Å². The summed E-state index contributed by atoms with van der Waals surface area (Å²) < 4.78 is 11.7. The molecule has 0 saturated heterocycles. The number of hydrogen-bond acceptors (Lipinski definition) is 5. The summed E-state index contributed by atoms with van der Waals surface area (Å²) in [6, 6.07) is 6.94. The molecule has 0 aliphatic heterocycles. The highest BCUT2D eigenvalue weighted by Crippen LogP contribution is 2.47. The molecule has 0 radical (unpaired) electrons. The molecule has 166 valence electrons. The van der Waals surface area contributed by atoms with Gasteiger partial charge in [0.1, 0.15) is 5.78 Å². The minimum Gasteiger partial charge on any atom is -0.392 e. The van der Waals surface area contributed by atoms with Crippen LogP contribution in [0.2, 0.25) is 0 Å². The van der Waals surface area contributed by atoms with Crippen molar-refractivity contribution in [2.45, 2.75) is 68.7 Å². The number of benzene rings is 1. The molecule has 2 saturated carbocycles. The molecule has 0 aromatic heterocycles. The average molecular weight is 453 g/mol. The van der Waals surface area contributed by atoms with E-state index < -0.39 is 13.5 Å². The molecule has 5 atom stereocenters. The van der Waals surface area contributed by atoms with Crippen LogP contribution < -0.4 is 5.30 Å². The third-order valence-corrected chi connectivity index (χ3v) is 9.54. The molecule has 7 heteroatoms. The molecule has 3 rings (SSSR count). The molecule has 1 aromatic rings. The Morgan fingerprint density at radius 3 is 2.50 bits per heavy atom. The second-order valence-electron chi connectivity index (χ2n) is 8.84. The predicted octanol–water partition coefficient (Wildman–Crippen LogP) is 3.65. The van der Waals surface area contributed by atoms with Gasteiger partial charge >= 0.3 is 0 Å². The lowest BCUT2D eigenvalue weighted by Crippen LogP contribution is -2.40. The van der Waals surface area contributed by atoms with E-state index in [2.05, 4.69) is 6.92 Å². The summed E-state index contributed by atoms with van der Waals surface area (Å²) in [6.07, 6.45) is 7.83. The van der Waals surface area contributed by atoms with Gasteiger partial charge in [-0.05, 0) is 48.8 Å². The summed E-state index contributed by atoms with van der Waals surface area (Å²) in [5.74, 6) is 0.396. The van der Waals surface area contributed by atoms with Crippen molar-refractivity contribution in [2.75, 3.05) is 6.66 Å². The number of hydrogen-bond donors (Lipinski definition) is 3. The maximum atomic E-state index is 12.4. The zero-order valence-electron chi connectivity index (χ0n) is 17.7. The summed E-state index contributed by atoms with van der Waals surface area (Å²) in [6.45, 7) is 3.45. The third kappa shape index (κ3) is 5.28. The first-order valence-corrected chi connectivity index (χ1v) is 13.9. The van der Waals surface area contributed by atoms with E-state index in [4.69, 9.17) is 0 Å². The smallest absolute Gasteiger partial charge is 0.226 e. The minimum atomic E-state index is -3.26. The molecule has 0 bridgehead atoms. The van der Waals surface area contributed by atoms with Gasteiger partial charge in [-0.1, -0.05) is 37.6 Å². The maximum absolute atomic E-state index is 12.4. The maximum Gasteiger partial charge on any atom is 0.226 e. The van der Waals surface area contributed by atoms with Crippen molar-refractivity contribution in [1.29, 1.82) is 0 Å². The van der Waals surface area contributed by atoms with Crippen LogP contribution in [0.4, 0.5) is 0 Å². The van der Waals surface area contributed by atoms with Gasteiger partial charge < -0.3 is 15.1 Å². The van der Waals surface area contributed by atoms with Gasteiger partial charge in [-0.3, -0.25) is 9.36 Å². The van der Waals surface area contributed by atoms with Gasteiger partial charge in [0.25, 0.3) is 0 Å². The van der Waals surface area contributed by atoms with Crippen LogP contribution in [0, 0.1) is 11.3 Å². The fourth-order valence-corrected chi connectivity index (χ4v) is 6.57. The van der Waals surface area contributed by atoms with Crippen molar-refractivity contribution in [1.82, 2.24) is 0 Å². The van der Waals surface area contributed by atoms with Crippen LogP contribution in [0.3, 0.4) is 0 Å². The number of aliphatic hydroxyl groups excluding tert-OH is 2. The highest BCUT2D eigenvalue weighted by Gasteiger charge is 2.42. The lowest BCUT2D eigenvalue weighted by molar-refractivity contribution is -0.117. The van der Waals surface area contributed by atoms with E-state index in [-0.39, 0.29) is 34.9 Å². The molecule has 5 nitrogen and oxygen atoms in total. The van der Waals surface area contributed by atoms with Crippen LogP contribution in [0.15, 0.2) is 36.4 Å². The Bertz CT molecular complexity index is 806. The van der Waals surface area contributed by atoms with E-state index in [0.29, 0.717) is 17.5 Å². The molecule has 30 heavy (non-hydrogen) atoms. The Hall–Kier alpha value is -0.910. The normalized spacial score (nSPS) is 29.0. The van der Waals surface area contributed by atoms with Crippen molar-refractivity contribution < 1.29 is 24.5 Å². The fraction of sp³-hybridized carbons (Fsp3) is 0.609. The number of thioether (sulfide) groups is 1. The van der Waals surface area contributed by atoms with Gasteiger partial charge in [-0.2, -0.15) is 0 Å². The summed E-state index contributed by atoms with van der Waals surface area (Å²) in [5, 5.41) is 21.1. The Morgan fingerprint density at radius 1 is 1.30 bits per heavy atom. The number of carbonyl (C=O) groups is 1. The predicted molar refractivity (Wildman–Crippen MR) is 122 cm³/mol. The molecule has 1 aromatic carbocycles. The van der Waals surface area contributed by atoms with Gasteiger partial charge in [0.15, 0.2) is 0 Å². The number of aliphatic hydroxyl groups is 2. The molecule has 0 spiro atoms. The number of Topliss-reactive ketones (excluding diaryl/α,β-unsaturated/α-hetero) is 1. The molecule has 2 aliphatic carbocycles. The molecule has 2 unspecified atom stereocenters. The molecular formula is C23H33O5PS. The molecule has 0 amide bonds. The third-order valence-electron chi connectivity index (χ3n) is 6.84. The largest absolute Gasteiger partial charge is 0.392 e. The second kappa shape index (κ2) is 9.70. The first-order valence-electron chi connectivity index (χ1n) is 10.7. The Morgan fingerprint density at radius 2 is 1.97 bits per heavy atom. The first-order chi connectivity index (χ1) is 14.2. The Labute approximate surface area is 183 Å². The zero-order chi connectivity index (χ0) is 21.9. The molecular weight excluding hydrogens is 419 g/mol. The van der Waals surface area contributed by atoms with Gasteiger partial charge in [-0.25, -0.2) is 0 Å². The van der Waals surface area contributed by atoms with Gasteiger partial charge in [0, 0.05) is 30.1 Å². The van der Waals surface area contributed by atoms with E-state index in [1.54, 1.807) is 12.1 Å². The van der Waals surface area contributed by atoms with E-state index >= 15 is 0 Å². The number of ketones is 1. The standard InChI is InChI=1S/C23H33O5PS/c1-3-23(12-5-13-23)21(26)7-4-6-18-19(24)14-20(25)22(18)30-15-16-8-10-17(11-9-16)29(2,27)28/h4,6,8-11,18-19,21-22,24,26H,3,5,7,12-15H2,1-2H3,(H,27,28)/b6-4+/t18-,19+,21?,22+/m0/s1. The molecule has 2 aliphatic rings. The summed E-state index contributed by atoms with van der Waals surface area (Å²) >= 11 is 1.50. The van der Waals surface area contributed by atoms with Crippen molar-refractivity contribution in [2.24, 2.45) is 11.3 Å². The fourth-order valence-electron chi connectivity index (χ4n) is 4.53. The first kappa shape index (κ1) is 23.7. The number of carbonyl (C=O) groups excluding carboxylic acids is 1. The quantitative estimate of drug-likeness (QED) is 0.391. The van der Waals surface area contributed by atoms with E-state index in [1.807, 2.05) is 24.3 Å². The van der Waals surface area contributed by atoms with Crippen LogP contribution >= 0.6 is 19.1 Å². The monoisotopic (exact) mass is 452 g/mol. The number of rotatable bonds is 9. The summed E-state index contributed by atoms with van der Waals surface area (Å²) in [7, 11) is -3.26. The van der Waals surface area contributed by atoms with Crippen molar-refractivity contribution >= 4 is 30.2 Å². The lowest BCUT2D eigenvalue weighted by Gasteiger charge is -2.45. The minimum absolute atomic E-state index is 0.0474. The highest BCUT2D eigenvalue weighted by molar-refractivity contribution is 7.99. The molecule has 3 N–H and O–H groups in total. The average Bonchev–Trinajstić information content (AvgIpc) is 2.92. The van der Waals surface area contributed by atoms with Crippen LogP contribution in [-0.2, 0) is 15.1 Å². The van der Waals surface area contributed by atoms with Crippen molar-refractivity contribution in [3.8, 4) is 0 Å². The van der Waals surface area contributed by atoms with Gasteiger partial charge in [0.05, 0.1) is 17.5 Å². The van der Waals surface area contributed by atoms with Crippen LogP contribution in [0.25, 0.3) is 0 Å². The summed E-state index contributed by atoms with van der Waals surface area (Å²) in [4.78, 5) is 22.1. The van der Waals surface area contributed by atoms with Crippen molar-refractivity contribution in [3.05, 3.63) is 42.0 Å².